The van der Waals surface area contributed by atoms with E-state index in [0.29, 0.717) is 24.0 Å². The van der Waals surface area contributed by atoms with Crippen LogP contribution in [-0.2, 0) is 17.7 Å². The van der Waals surface area contributed by atoms with E-state index in [1.54, 1.807) is 22.8 Å². The number of fused-ring (bicyclic) bond motifs is 2. The number of benzene rings is 1. The number of rotatable bonds is 3. The minimum absolute atomic E-state index is 0.0749. The Balaban J connectivity index is 1.36. The van der Waals surface area contributed by atoms with Crippen LogP contribution in [0.25, 0.3) is 26.3 Å². The van der Waals surface area contributed by atoms with Gasteiger partial charge < -0.3 is 9.64 Å². The van der Waals surface area contributed by atoms with Gasteiger partial charge in [0.25, 0.3) is 5.92 Å². The minimum atomic E-state index is -3.00. The van der Waals surface area contributed by atoms with Crippen molar-refractivity contribution in [1.29, 1.82) is 0 Å². The first-order valence-electron chi connectivity index (χ1n) is 11.7. The topological polar surface area (TPSA) is 64.7 Å². The molecule has 1 aliphatic heterocycles. The van der Waals surface area contributed by atoms with E-state index < -0.39 is 11.5 Å². The number of aromatic nitrogens is 4. The van der Waals surface area contributed by atoms with E-state index >= 15 is 0 Å². The third-order valence-electron chi connectivity index (χ3n) is 6.22. The molecule has 1 saturated heterocycles. The molecule has 0 atom stereocenters. The van der Waals surface area contributed by atoms with Gasteiger partial charge in [0.15, 0.2) is 4.96 Å². The first-order chi connectivity index (χ1) is 16.4. The van der Waals surface area contributed by atoms with E-state index in [0.717, 1.165) is 40.9 Å². The number of likely N-dealkylation sites (tertiary alicyclic amines) is 1. The second kappa shape index (κ2) is 8.29. The number of alkyl halides is 2. The number of hydrogen-bond acceptors (Lipinski definition) is 5. The molecular weight excluding hydrogens is 472 g/mol. The Morgan fingerprint density at radius 2 is 1.83 bits per heavy atom. The number of amides is 1. The molecule has 0 aliphatic carbocycles. The number of piperidine rings is 1. The summed E-state index contributed by atoms with van der Waals surface area (Å²) in [6, 6.07) is 3.43. The fourth-order valence-electron chi connectivity index (χ4n) is 4.56. The molecule has 186 valence electrons. The smallest absolute Gasteiger partial charge is 0.410 e. The Bertz CT molecular complexity index is 1370. The lowest BCUT2D eigenvalue weighted by atomic mass is 9.94. The molecular formula is C25H29F2N5O2S. The van der Waals surface area contributed by atoms with Crippen LogP contribution in [0.5, 0.6) is 0 Å². The predicted octanol–water partition coefficient (Wildman–Crippen LogP) is 6.18. The predicted molar refractivity (Wildman–Crippen MR) is 132 cm³/mol. The van der Waals surface area contributed by atoms with Crippen molar-refractivity contribution in [2.75, 3.05) is 13.1 Å². The molecule has 35 heavy (non-hydrogen) atoms. The molecule has 7 nitrogen and oxygen atoms in total. The average Bonchev–Trinajstić information content (AvgIpc) is 3.42. The van der Waals surface area contributed by atoms with Crippen LogP contribution in [0.4, 0.5) is 13.6 Å². The second-order valence-corrected chi connectivity index (χ2v) is 11.4. The second-order valence-electron chi connectivity index (χ2n) is 10.3. The largest absolute Gasteiger partial charge is 0.444 e. The quantitative estimate of drug-likeness (QED) is 0.337. The van der Waals surface area contributed by atoms with Gasteiger partial charge in [-0.25, -0.2) is 18.6 Å². The van der Waals surface area contributed by atoms with Gasteiger partial charge in [0, 0.05) is 62.5 Å². The summed E-state index contributed by atoms with van der Waals surface area (Å²) in [6.45, 7) is 7.78. The molecule has 1 aromatic carbocycles. The van der Waals surface area contributed by atoms with Crippen LogP contribution in [0, 0.1) is 0 Å². The molecule has 0 bridgehead atoms. The van der Waals surface area contributed by atoms with Gasteiger partial charge in [-0.1, -0.05) is 11.3 Å². The number of imidazole rings is 1. The molecule has 1 amide bonds. The fourth-order valence-corrected chi connectivity index (χ4v) is 5.52. The van der Waals surface area contributed by atoms with Crippen LogP contribution in [0.2, 0.25) is 0 Å². The van der Waals surface area contributed by atoms with Crippen LogP contribution in [0.15, 0.2) is 30.7 Å². The standard InChI is InChI=1S/C25H29F2N5O2S/c1-24(2,3)34-23(33)31-8-6-15(7-9-31)19-13-32-14-20(35-22(32)28-19)16-10-17-12-30(5)29-21(17)18(11-16)25(4,26)27/h10-15H,6-9H2,1-5H3. The van der Waals surface area contributed by atoms with Crippen LogP contribution in [0.1, 0.15) is 57.7 Å². The number of halogens is 2. The van der Waals surface area contributed by atoms with E-state index in [-0.39, 0.29) is 17.6 Å². The molecule has 1 aliphatic rings. The summed E-state index contributed by atoms with van der Waals surface area (Å²) in [5, 5.41) is 4.92. The van der Waals surface area contributed by atoms with Crippen LogP contribution in [0.3, 0.4) is 0 Å². The molecule has 4 heterocycles. The number of nitrogens with zero attached hydrogens (tertiary/aromatic N) is 5. The van der Waals surface area contributed by atoms with Crippen LogP contribution >= 0.6 is 11.3 Å². The molecule has 0 unspecified atom stereocenters. The van der Waals surface area contributed by atoms with Crippen molar-refractivity contribution < 1.29 is 18.3 Å². The van der Waals surface area contributed by atoms with Gasteiger partial charge >= 0.3 is 6.09 Å². The number of thiazole rings is 1. The molecule has 0 N–H and O–H groups in total. The fraction of sp³-hybridized carbons (Fsp3) is 0.480. The molecule has 10 heteroatoms. The molecule has 5 rings (SSSR count). The lowest BCUT2D eigenvalue weighted by Crippen LogP contribution is -2.41. The highest BCUT2D eigenvalue weighted by molar-refractivity contribution is 7.20. The maximum absolute atomic E-state index is 14.4. The number of carbonyl (C=O) groups excluding carboxylic acids is 1. The van der Waals surface area contributed by atoms with Crippen molar-refractivity contribution in [1.82, 2.24) is 24.1 Å². The van der Waals surface area contributed by atoms with Gasteiger partial charge in [-0.05, 0) is 51.3 Å². The van der Waals surface area contributed by atoms with Gasteiger partial charge in [0.2, 0.25) is 0 Å². The summed E-state index contributed by atoms with van der Waals surface area (Å²) < 4.78 is 37.7. The van der Waals surface area contributed by atoms with Crippen molar-refractivity contribution in [2.45, 2.75) is 58.0 Å². The van der Waals surface area contributed by atoms with Crippen molar-refractivity contribution in [3.63, 3.8) is 0 Å². The molecule has 1 fully saturated rings. The van der Waals surface area contributed by atoms with Crippen molar-refractivity contribution in [3.8, 4) is 10.4 Å². The van der Waals surface area contributed by atoms with E-state index in [1.807, 2.05) is 43.6 Å². The summed E-state index contributed by atoms with van der Waals surface area (Å²) >= 11 is 1.48. The van der Waals surface area contributed by atoms with Crippen LogP contribution < -0.4 is 0 Å². The zero-order valence-corrected chi connectivity index (χ0v) is 21.3. The summed E-state index contributed by atoms with van der Waals surface area (Å²) in [4.78, 5) is 20.6. The number of hydrogen-bond donors (Lipinski definition) is 0. The van der Waals surface area contributed by atoms with Crippen LogP contribution in [-0.4, -0.2) is 48.8 Å². The zero-order valence-electron chi connectivity index (χ0n) is 20.5. The summed E-state index contributed by atoms with van der Waals surface area (Å²) in [7, 11) is 1.73. The molecule has 4 aromatic rings. The SMILES string of the molecule is Cn1cc2cc(-c3cn4cc(C5CCN(C(=O)OC(C)(C)C)CC5)nc4s3)cc(C(C)(F)F)c2n1. The van der Waals surface area contributed by atoms with E-state index in [1.165, 1.54) is 17.4 Å². The average molecular weight is 502 g/mol. The highest BCUT2D eigenvalue weighted by Gasteiger charge is 2.30. The number of carbonyl (C=O) groups is 1. The highest BCUT2D eigenvalue weighted by Crippen LogP contribution is 2.39. The summed E-state index contributed by atoms with van der Waals surface area (Å²) in [5.41, 5.74) is 1.47. The molecule has 3 aromatic heterocycles. The van der Waals surface area contributed by atoms with E-state index in [9.17, 15) is 13.6 Å². The normalized spacial score (nSPS) is 15.9. The number of ether oxygens (including phenoxy) is 1. The molecule has 0 saturated carbocycles. The maximum Gasteiger partial charge on any atom is 0.410 e. The van der Waals surface area contributed by atoms with E-state index in [2.05, 4.69) is 5.10 Å². The van der Waals surface area contributed by atoms with Gasteiger partial charge in [-0.15, -0.1) is 0 Å². The maximum atomic E-state index is 14.4. The highest BCUT2D eigenvalue weighted by atomic mass is 32.1. The summed E-state index contributed by atoms with van der Waals surface area (Å²) in [6.07, 6.45) is 7.10. The van der Waals surface area contributed by atoms with Gasteiger partial charge in [-0.2, -0.15) is 5.10 Å². The van der Waals surface area contributed by atoms with Gasteiger partial charge in [-0.3, -0.25) is 9.08 Å². The Morgan fingerprint density at radius 3 is 2.46 bits per heavy atom. The van der Waals surface area contributed by atoms with Crippen molar-refractivity contribution in [2.24, 2.45) is 7.05 Å². The van der Waals surface area contributed by atoms with E-state index in [4.69, 9.17) is 9.72 Å². The Kier molecular flexibility index (Phi) is 5.62. The monoisotopic (exact) mass is 501 g/mol. The lowest BCUT2D eigenvalue weighted by Gasteiger charge is -2.32. The minimum Gasteiger partial charge on any atom is -0.444 e. The Labute approximate surface area is 206 Å². The first kappa shape index (κ1) is 23.7. The Hall–Kier alpha value is -3.01. The van der Waals surface area contributed by atoms with Gasteiger partial charge in [0.1, 0.15) is 11.1 Å². The van der Waals surface area contributed by atoms with Crippen molar-refractivity contribution in [3.05, 3.63) is 42.0 Å². The molecule has 0 radical (unpaired) electrons. The lowest BCUT2D eigenvalue weighted by molar-refractivity contribution is 0.0185. The zero-order chi connectivity index (χ0) is 25.1. The Morgan fingerprint density at radius 1 is 1.11 bits per heavy atom. The number of aryl methyl sites for hydroxylation is 1. The molecule has 0 spiro atoms. The van der Waals surface area contributed by atoms with Gasteiger partial charge in [0.05, 0.1) is 10.6 Å². The summed E-state index contributed by atoms with van der Waals surface area (Å²) in [5.74, 6) is -2.73. The van der Waals surface area contributed by atoms with Crippen molar-refractivity contribution >= 4 is 33.3 Å². The third kappa shape index (κ3) is 4.76. The third-order valence-corrected chi connectivity index (χ3v) is 7.27. The first-order valence-corrected chi connectivity index (χ1v) is 12.5.